The fraction of sp³-hybridized carbons (Fsp3) is 0.267. The zero-order valence-electron chi connectivity index (χ0n) is 11.1. The van der Waals surface area contributed by atoms with Gasteiger partial charge in [0.25, 0.3) is 5.91 Å². The molecular weight excluding hydrogens is 242 g/mol. The third-order valence-electron chi connectivity index (χ3n) is 2.97. The average Bonchev–Trinajstić information content (AvgIpc) is 2.43. The Bertz CT molecular complexity index is 595. The molecule has 2 aromatic rings. The van der Waals surface area contributed by atoms with E-state index in [4.69, 9.17) is 15.2 Å². The Morgan fingerprint density at radius 3 is 2.53 bits per heavy atom. The number of nitrogens with two attached hydrogens (primary N) is 1. The smallest absolute Gasteiger partial charge is 0.251 e. The molecule has 100 valence electrons. The SMILES string of the molecule is CCOC(C(N)=O)c1ccc2cc(OC)ccc2c1. The highest BCUT2D eigenvalue weighted by atomic mass is 16.5. The molecule has 1 atom stereocenters. The van der Waals surface area contributed by atoms with E-state index in [1.54, 1.807) is 7.11 Å². The standard InChI is InChI=1S/C15H17NO3/c1-3-19-14(15(16)17)12-5-4-11-9-13(18-2)7-6-10(11)8-12/h4-9,14H,3H2,1-2H3,(H2,16,17). The van der Waals surface area contributed by atoms with Crippen molar-refractivity contribution in [2.75, 3.05) is 13.7 Å². The summed E-state index contributed by atoms with van der Waals surface area (Å²) in [6, 6.07) is 11.5. The van der Waals surface area contributed by atoms with Gasteiger partial charge in [0, 0.05) is 6.61 Å². The van der Waals surface area contributed by atoms with Crippen LogP contribution in [0.3, 0.4) is 0 Å². The quantitative estimate of drug-likeness (QED) is 0.897. The molecule has 4 nitrogen and oxygen atoms in total. The third kappa shape index (κ3) is 2.85. The highest BCUT2D eigenvalue weighted by Crippen LogP contribution is 2.25. The van der Waals surface area contributed by atoms with Gasteiger partial charge in [-0.25, -0.2) is 0 Å². The lowest BCUT2D eigenvalue weighted by atomic mass is 10.0. The molecular formula is C15H17NO3. The average molecular weight is 259 g/mol. The Kier molecular flexibility index (Phi) is 4.02. The number of hydrogen-bond donors (Lipinski definition) is 1. The maximum atomic E-state index is 11.4. The molecule has 1 amide bonds. The van der Waals surface area contributed by atoms with Gasteiger partial charge in [-0.05, 0) is 41.5 Å². The second-order valence-electron chi connectivity index (χ2n) is 4.21. The van der Waals surface area contributed by atoms with E-state index in [9.17, 15) is 4.79 Å². The monoisotopic (exact) mass is 259 g/mol. The van der Waals surface area contributed by atoms with Gasteiger partial charge in [-0.3, -0.25) is 4.79 Å². The van der Waals surface area contributed by atoms with Crippen LogP contribution in [-0.4, -0.2) is 19.6 Å². The van der Waals surface area contributed by atoms with Crippen molar-refractivity contribution in [3.8, 4) is 5.75 Å². The molecule has 0 aliphatic heterocycles. The van der Waals surface area contributed by atoms with Crippen molar-refractivity contribution < 1.29 is 14.3 Å². The highest BCUT2D eigenvalue weighted by molar-refractivity contribution is 5.87. The number of primary amides is 1. The molecule has 0 radical (unpaired) electrons. The summed E-state index contributed by atoms with van der Waals surface area (Å²) in [5.74, 6) is 0.325. The van der Waals surface area contributed by atoms with E-state index in [1.165, 1.54) is 0 Å². The second-order valence-corrected chi connectivity index (χ2v) is 4.21. The molecule has 0 heterocycles. The van der Waals surface area contributed by atoms with E-state index in [2.05, 4.69) is 0 Å². The van der Waals surface area contributed by atoms with Crippen LogP contribution in [0.2, 0.25) is 0 Å². The van der Waals surface area contributed by atoms with Gasteiger partial charge in [-0.1, -0.05) is 18.2 Å². The van der Waals surface area contributed by atoms with Gasteiger partial charge in [0.1, 0.15) is 5.75 Å². The maximum Gasteiger partial charge on any atom is 0.251 e. The lowest BCUT2D eigenvalue weighted by molar-refractivity contribution is -0.129. The largest absolute Gasteiger partial charge is 0.497 e. The first-order valence-corrected chi connectivity index (χ1v) is 6.14. The Balaban J connectivity index is 2.43. The Morgan fingerprint density at radius 2 is 1.89 bits per heavy atom. The van der Waals surface area contributed by atoms with Gasteiger partial charge in [-0.15, -0.1) is 0 Å². The summed E-state index contributed by atoms with van der Waals surface area (Å²) in [5, 5.41) is 2.06. The highest BCUT2D eigenvalue weighted by Gasteiger charge is 2.17. The van der Waals surface area contributed by atoms with Crippen LogP contribution in [0.1, 0.15) is 18.6 Å². The normalized spacial score (nSPS) is 12.3. The van der Waals surface area contributed by atoms with Crippen LogP contribution in [0.4, 0.5) is 0 Å². The van der Waals surface area contributed by atoms with Crippen molar-refractivity contribution in [3.05, 3.63) is 42.0 Å². The van der Waals surface area contributed by atoms with Crippen LogP contribution in [-0.2, 0) is 9.53 Å². The molecule has 1 unspecified atom stereocenters. The van der Waals surface area contributed by atoms with Gasteiger partial charge in [-0.2, -0.15) is 0 Å². The summed E-state index contributed by atoms with van der Waals surface area (Å²) in [5.41, 5.74) is 6.13. The van der Waals surface area contributed by atoms with Crippen molar-refractivity contribution in [3.63, 3.8) is 0 Å². The summed E-state index contributed by atoms with van der Waals surface area (Å²) in [6.07, 6.45) is -0.698. The summed E-state index contributed by atoms with van der Waals surface area (Å²) in [4.78, 5) is 11.4. The predicted molar refractivity (Wildman–Crippen MR) is 74.1 cm³/mol. The minimum Gasteiger partial charge on any atom is -0.497 e. The van der Waals surface area contributed by atoms with Crippen molar-refractivity contribution in [1.82, 2.24) is 0 Å². The van der Waals surface area contributed by atoms with Gasteiger partial charge in [0.2, 0.25) is 0 Å². The predicted octanol–water partition coefficient (Wildman–Crippen LogP) is 2.41. The fourth-order valence-corrected chi connectivity index (χ4v) is 2.04. The molecule has 0 spiro atoms. The molecule has 2 aromatic carbocycles. The number of rotatable bonds is 5. The van der Waals surface area contributed by atoms with Crippen molar-refractivity contribution >= 4 is 16.7 Å². The third-order valence-corrected chi connectivity index (χ3v) is 2.97. The van der Waals surface area contributed by atoms with Gasteiger partial charge >= 0.3 is 0 Å². The Hall–Kier alpha value is -2.07. The molecule has 2 N–H and O–H groups in total. The van der Waals surface area contributed by atoms with Crippen LogP contribution >= 0.6 is 0 Å². The first-order valence-electron chi connectivity index (χ1n) is 6.14. The molecule has 0 saturated carbocycles. The van der Waals surface area contributed by atoms with Gasteiger partial charge in [0.05, 0.1) is 7.11 Å². The lowest BCUT2D eigenvalue weighted by Gasteiger charge is -2.14. The Labute approximate surface area is 112 Å². The van der Waals surface area contributed by atoms with E-state index in [1.807, 2.05) is 43.3 Å². The molecule has 19 heavy (non-hydrogen) atoms. The van der Waals surface area contributed by atoms with Crippen molar-refractivity contribution in [2.24, 2.45) is 5.73 Å². The lowest BCUT2D eigenvalue weighted by Crippen LogP contribution is -2.23. The number of fused-ring (bicyclic) bond motifs is 1. The van der Waals surface area contributed by atoms with Crippen LogP contribution in [0.15, 0.2) is 36.4 Å². The molecule has 0 aliphatic rings. The summed E-state index contributed by atoms with van der Waals surface area (Å²) < 4.78 is 10.6. The molecule has 0 fully saturated rings. The van der Waals surface area contributed by atoms with E-state index >= 15 is 0 Å². The number of methoxy groups -OCH3 is 1. The summed E-state index contributed by atoms with van der Waals surface area (Å²) in [6.45, 7) is 2.27. The van der Waals surface area contributed by atoms with Crippen LogP contribution < -0.4 is 10.5 Å². The first-order chi connectivity index (χ1) is 9.15. The molecule has 0 aliphatic carbocycles. The first kappa shape index (κ1) is 13.4. The molecule has 0 saturated heterocycles. The van der Waals surface area contributed by atoms with Crippen molar-refractivity contribution in [2.45, 2.75) is 13.0 Å². The minimum atomic E-state index is -0.698. The summed E-state index contributed by atoms with van der Waals surface area (Å²) >= 11 is 0. The van der Waals surface area contributed by atoms with E-state index in [0.717, 1.165) is 22.1 Å². The van der Waals surface area contributed by atoms with Crippen LogP contribution in [0.25, 0.3) is 10.8 Å². The topological polar surface area (TPSA) is 61.5 Å². The van der Waals surface area contributed by atoms with Crippen molar-refractivity contribution in [1.29, 1.82) is 0 Å². The van der Waals surface area contributed by atoms with Gasteiger partial charge in [0.15, 0.2) is 6.10 Å². The van der Waals surface area contributed by atoms with Crippen LogP contribution in [0.5, 0.6) is 5.75 Å². The zero-order valence-corrected chi connectivity index (χ0v) is 11.1. The Morgan fingerprint density at radius 1 is 1.21 bits per heavy atom. The van der Waals surface area contributed by atoms with E-state index < -0.39 is 12.0 Å². The number of amides is 1. The molecule has 0 aromatic heterocycles. The molecule has 0 bridgehead atoms. The second kappa shape index (κ2) is 5.71. The van der Waals surface area contributed by atoms with Crippen LogP contribution in [0, 0.1) is 0 Å². The number of ether oxygens (including phenoxy) is 2. The van der Waals surface area contributed by atoms with E-state index in [-0.39, 0.29) is 0 Å². The fourth-order valence-electron chi connectivity index (χ4n) is 2.04. The molecule has 4 heteroatoms. The number of carbonyl (C=O) groups is 1. The summed E-state index contributed by atoms with van der Waals surface area (Å²) in [7, 11) is 1.63. The molecule has 2 rings (SSSR count). The number of hydrogen-bond acceptors (Lipinski definition) is 3. The maximum absolute atomic E-state index is 11.4. The van der Waals surface area contributed by atoms with Gasteiger partial charge < -0.3 is 15.2 Å². The number of carbonyl (C=O) groups excluding carboxylic acids is 1. The minimum absolute atomic E-state index is 0.439. The van der Waals surface area contributed by atoms with E-state index in [0.29, 0.717) is 6.61 Å². The zero-order chi connectivity index (χ0) is 13.8. The number of benzene rings is 2.